The molecule has 0 radical (unpaired) electrons. The largest absolute Gasteiger partial charge is 0.352 e. The van der Waals surface area contributed by atoms with E-state index in [2.05, 4.69) is 10.3 Å². The minimum Gasteiger partial charge on any atom is -0.352 e. The third-order valence-electron chi connectivity index (χ3n) is 4.46. The van der Waals surface area contributed by atoms with Crippen LogP contribution < -0.4 is 10.9 Å². The first-order valence-corrected chi connectivity index (χ1v) is 8.99. The molecule has 0 atom stereocenters. The van der Waals surface area contributed by atoms with Crippen LogP contribution >= 0.6 is 0 Å². The molecule has 0 aliphatic heterocycles. The summed E-state index contributed by atoms with van der Waals surface area (Å²) >= 11 is 0. The van der Waals surface area contributed by atoms with Gasteiger partial charge < -0.3 is 5.32 Å². The van der Waals surface area contributed by atoms with E-state index < -0.39 is 0 Å². The Morgan fingerprint density at radius 1 is 1.22 bits per heavy atom. The summed E-state index contributed by atoms with van der Waals surface area (Å²) in [6.07, 6.45) is 0.570. The van der Waals surface area contributed by atoms with Gasteiger partial charge in [-0.2, -0.15) is 0 Å². The summed E-state index contributed by atoms with van der Waals surface area (Å²) in [5.41, 5.74) is 2.27. The Hall–Kier alpha value is -3.02. The van der Waals surface area contributed by atoms with E-state index in [-0.39, 0.29) is 30.2 Å². The molecule has 140 valence electrons. The number of hydrogen-bond acceptors (Lipinski definition) is 3. The number of halogens is 1. The molecule has 0 unspecified atom stereocenters. The van der Waals surface area contributed by atoms with E-state index in [0.717, 1.165) is 5.56 Å². The van der Waals surface area contributed by atoms with Gasteiger partial charge in [-0.05, 0) is 43.7 Å². The van der Waals surface area contributed by atoms with Crippen molar-refractivity contribution in [2.45, 2.75) is 39.8 Å². The zero-order valence-corrected chi connectivity index (χ0v) is 15.5. The molecular weight excluding hydrogens is 345 g/mol. The first-order chi connectivity index (χ1) is 13.0. The van der Waals surface area contributed by atoms with E-state index >= 15 is 0 Å². The van der Waals surface area contributed by atoms with E-state index in [9.17, 15) is 14.0 Å². The number of carbonyl (C=O) groups excluding carboxylic acids is 1. The zero-order valence-electron chi connectivity index (χ0n) is 15.5. The highest BCUT2D eigenvalue weighted by atomic mass is 19.1. The lowest BCUT2D eigenvalue weighted by atomic mass is 10.1. The molecule has 0 aliphatic carbocycles. The highest BCUT2D eigenvalue weighted by molar-refractivity contribution is 5.79. The Morgan fingerprint density at radius 3 is 2.78 bits per heavy atom. The minimum atomic E-state index is -0.329. The fourth-order valence-electron chi connectivity index (χ4n) is 3.06. The summed E-state index contributed by atoms with van der Waals surface area (Å²) in [5, 5.41) is 3.37. The lowest BCUT2D eigenvalue weighted by Crippen LogP contribution is -2.27. The highest BCUT2D eigenvalue weighted by Crippen LogP contribution is 2.12. The van der Waals surface area contributed by atoms with E-state index in [4.69, 9.17) is 0 Å². The maximum absolute atomic E-state index is 13.2. The number of nitrogens with one attached hydrogen (secondary N) is 1. The molecule has 5 nitrogen and oxygen atoms in total. The Labute approximate surface area is 156 Å². The predicted octanol–water partition coefficient (Wildman–Crippen LogP) is 3.11. The molecule has 1 aromatic heterocycles. The minimum absolute atomic E-state index is 0.0821. The van der Waals surface area contributed by atoms with Gasteiger partial charge in [-0.15, -0.1) is 0 Å². The van der Waals surface area contributed by atoms with E-state index in [1.807, 2.05) is 32.0 Å². The second-order valence-corrected chi connectivity index (χ2v) is 6.50. The van der Waals surface area contributed by atoms with E-state index in [1.54, 1.807) is 16.7 Å². The van der Waals surface area contributed by atoms with Crippen LogP contribution in [0.4, 0.5) is 4.39 Å². The fourth-order valence-corrected chi connectivity index (χ4v) is 3.06. The SMILES string of the molecule is CCn1c(CCC(=O)NCc2cccc(F)c2)nc2ccc(C)cc2c1=O. The van der Waals surface area contributed by atoms with Crippen LogP contribution in [0, 0.1) is 12.7 Å². The summed E-state index contributed by atoms with van der Waals surface area (Å²) in [4.78, 5) is 29.4. The van der Waals surface area contributed by atoms with Gasteiger partial charge in [0, 0.05) is 25.9 Å². The second kappa shape index (κ2) is 8.12. The molecule has 2 aromatic carbocycles. The van der Waals surface area contributed by atoms with Crippen molar-refractivity contribution in [2.75, 3.05) is 0 Å². The molecule has 1 amide bonds. The first kappa shape index (κ1) is 18.8. The quantitative estimate of drug-likeness (QED) is 0.728. The monoisotopic (exact) mass is 367 g/mol. The Kier molecular flexibility index (Phi) is 5.64. The van der Waals surface area contributed by atoms with E-state index in [1.165, 1.54) is 12.1 Å². The topological polar surface area (TPSA) is 64.0 Å². The molecule has 1 N–H and O–H groups in total. The van der Waals surface area contributed by atoms with Gasteiger partial charge in [0.1, 0.15) is 11.6 Å². The van der Waals surface area contributed by atoms with Crippen molar-refractivity contribution in [3.63, 3.8) is 0 Å². The number of aryl methyl sites for hydroxylation is 2. The molecule has 0 fully saturated rings. The number of fused-ring (bicyclic) bond motifs is 1. The number of amides is 1. The van der Waals surface area contributed by atoms with Crippen LogP contribution in [0.5, 0.6) is 0 Å². The van der Waals surface area contributed by atoms with Gasteiger partial charge in [0.15, 0.2) is 0 Å². The van der Waals surface area contributed by atoms with Gasteiger partial charge in [0.2, 0.25) is 5.91 Å². The third-order valence-corrected chi connectivity index (χ3v) is 4.46. The maximum atomic E-state index is 13.2. The fraction of sp³-hybridized carbons (Fsp3) is 0.286. The molecule has 3 aromatic rings. The van der Waals surface area contributed by atoms with Gasteiger partial charge in [-0.25, -0.2) is 9.37 Å². The van der Waals surface area contributed by atoms with Gasteiger partial charge in [-0.1, -0.05) is 23.8 Å². The lowest BCUT2D eigenvalue weighted by Gasteiger charge is -2.12. The Morgan fingerprint density at radius 2 is 2.04 bits per heavy atom. The standard InChI is InChI=1S/C21H22FN3O2/c1-3-25-19(24-18-8-7-14(2)11-17(18)21(25)27)9-10-20(26)23-13-15-5-4-6-16(22)12-15/h4-8,11-12H,3,9-10,13H2,1-2H3,(H,23,26). The third kappa shape index (κ3) is 4.39. The molecular formula is C21H22FN3O2. The van der Waals surface area contributed by atoms with Crippen molar-refractivity contribution >= 4 is 16.8 Å². The predicted molar refractivity (Wildman–Crippen MR) is 103 cm³/mol. The number of carbonyl (C=O) groups is 1. The van der Waals surface area contributed by atoms with Crippen LogP contribution in [0.2, 0.25) is 0 Å². The Bertz CT molecular complexity index is 1040. The maximum Gasteiger partial charge on any atom is 0.261 e. The van der Waals surface area contributed by atoms with Crippen LogP contribution in [0.15, 0.2) is 47.3 Å². The van der Waals surface area contributed by atoms with Crippen molar-refractivity contribution in [1.29, 1.82) is 0 Å². The zero-order chi connectivity index (χ0) is 19.4. The molecule has 0 spiro atoms. The van der Waals surface area contributed by atoms with Crippen LogP contribution in [0.3, 0.4) is 0 Å². The van der Waals surface area contributed by atoms with Crippen LogP contribution in [-0.4, -0.2) is 15.5 Å². The van der Waals surface area contributed by atoms with Gasteiger partial charge in [0.05, 0.1) is 10.9 Å². The number of rotatable bonds is 6. The van der Waals surface area contributed by atoms with Crippen molar-refractivity contribution in [3.8, 4) is 0 Å². The summed E-state index contributed by atoms with van der Waals surface area (Å²) in [6, 6.07) is 11.7. The molecule has 3 rings (SSSR count). The molecule has 6 heteroatoms. The van der Waals surface area contributed by atoms with Gasteiger partial charge >= 0.3 is 0 Å². The number of aromatic nitrogens is 2. The molecule has 1 heterocycles. The Balaban J connectivity index is 1.71. The van der Waals surface area contributed by atoms with Crippen LogP contribution in [-0.2, 0) is 24.3 Å². The van der Waals surface area contributed by atoms with Crippen molar-refractivity contribution in [1.82, 2.24) is 14.9 Å². The van der Waals surface area contributed by atoms with Crippen LogP contribution in [0.25, 0.3) is 10.9 Å². The molecule has 0 saturated carbocycles. The summed E-state index contributed by atoms with van der Waals surface area (Å²) in [6.45, 7) is 4.59. The highest BCUT2D eigenvalue weighted by Gasteiger charge is 2.12. The van der Waals surface area contributed by atoms with Crippen LogP contribution in [0.1, 0.15) is 30.3 Å². The van der Waals surface area contributed by atoms with E-state index in [0.29, 0.717) is 35.3 Å². The molecule has 0 saturated heterocycles. The number of hydrogen-bond donors (Lipinski definition) is 1. The first-order valence-electron chi connectivity index (χ1n) is 8.99. The summed E-state index contributed by atoms with van der Waals surface area (Å²) in [7, 11) is 0. The summed E-state index contributed by atoms with van der Waals surface area (Å²) in [5.74, 6) is 0.101. The van der Waals surface area contributed by atoms with Crippen molar-refractivity contribution < 1.29 is 9.18 Å². The van der Waals surface area contributed by atoms with Crippen molar-refractivity contribution in [3.05, 3.63) is 75.6 Å². The normalized spacial score (nSPS) is 10.9. The van der Waals surface area contributed by atoms with Crippen molar-refractivity contribution in [2.24, 2.45) is 0 Å². The van der Waals surface area contributed by atoms with Gasteiger partial charge in [0.25, 0.3) is 5.56 Å². The molecule has 27 heavy (non-hydrogen) atoms. The number of nitrogens with zero attached hydrogens (tertiary/aromatic N) is 2. The second-order valence-electron chi connectivity index (χ2n) is 6.50. The lowest BCUT2D eigenvalue weighted by molar-refractivity contribution is -0.121. The molecule has 0 aliphatic rings. The smallest absolute Gasteiger partial charge is 0.261 e. The number of benzene rings is 2. The average Bonchev–Trinajstić information content (AvgIpc) is 2.65. The van der Waals surface area contributed by atoms with Gasteiger partial charge in [-0.3, -0.25) is 14.2 Å². The summed E-state index contributed by atoms with van der Waals surface area (Å²) < 4.78 is 14.8. The average molecular weight is 367 g/mol. The molecule has 0 bridgehead atoms.